The van der Waals surface area contributed by atoms with Crippen molar-refractivity contribution in [1.82, 2.24) is 4.98 Å². The Labute approximate surface area is 106 Å². The summed E-state index contributed by atoms with van der Waals surface area (Å²) in [5.41, 5.74) is 0.887. The predicted molar refractivity (Wildman–Crippen MR) is 65.4 cm³/mol. The summed E-state index contributed by atoms with van der Waals surface area (Å²) in [4.78, 5) is 4.22. The van der Waals surface area contributed by atoms with Gasteiger partial charge in [0.05, 0.1) is 31.6 Å². The van der Waals surface area contributed by atoms with E-state index in [4.69, 9.17) is 13.9 Å². The molecule has 0 saturated heterocycles. The van der Waals surface area contributed by atoms with E-state index >= 15 is 0 Å². The molecule has 1 heterocycles. The lowest BCUT2D eigenvalue weighted by Crippen LogP contribution is -2.19. The number of rotatable bonds is 8. The molecule has 1 unspecified atom stereocenters. The highest BCUT2D eigenvalue weighted by atomic mass is 32.2. The SMILES string of the molecule is COCCOCC(O)CSc1nc(C)c(C)o1. The van der Waals surface area contributed by atoms with Crippen molar-refractivity contribution >= 4 is 11.8 Å². The molecule has 1 N–H and O–H groups in total. The number of thioether (sulfide) groups is 1. The van der Waals surface area contributed by atoms with E-state index in [9.17, 15) is 5.11 Å². The average Bonchev–Trinajstić information content (AvgIpc) is 2.62. The fourth-order valence-electron chi connectivity index (χ4n) is 1.08. The Bertz CT molecular complexity index is 310. The van der Waals surface area contributed by atoms with Gasteiger partial charge in [-0.15, -0.1) is 0 Å². The van der Waals surface area contributed by atoms with Crippen molar-refractivity contribution in [3.63, 3.8) is 0 Å². The molecule has 0 amide bonds. The van der Waals surface area contributed by atoms with Crippen LogP contribution in [-0.2, 0) is 9.47 Å². The van der Waals surface area contributed by atoms with Crippen LogP contribution in [0.3, 0.4) is 0 Å². The van der Waals surface area contributed by atoms with Gasteiger partial charge in [0, 0.05) is 12.9 Å². The number of aryl methyl sites for hydroxylation is 2. The second-order valence-electron chi connectivity index (χ2n) is 3.65. The Hall–Kier alpha value is -0.560. The summed E-state index contributed by atoms with van der Waals surface area (Å²) in [5, 5.41) is 10.2. The van der Waals surface area contributed by atoms with Gasteiger partial charge in [0.2, 0.25) is 0 Å². The Morgan fingerprint density at radius 1 is 1.41 bits per heavy atom. The van der Waals surface area contributed by atoms with Crippen molar-refractivity contribution < 1.29 is 19.0 Å². The molecule has 0 spiro atoms. The number of oxazole rings is 1. The topological polar surface area (TPSA) is 64.7 Å². The van der Waals surface area contributed by atoms with Gasteiger partial charge in [-0.3, -0.25) is 0 Å². The molecular weight excluding hydrogens is 242 g/mol. The van der Waals surface area contributed by atoms with Crippen LogP contribution in [0.15, 0.2) is 9.64 Å². The molecule has 1 atom stereocenters. The fourth-order valence-corrected chi connectivity index (χ4v) is 1.90. The van der Waals surface area contributed by atoms with Gasteiger partial charge in [-0.05, 0) is 13.8 Å². The highest BCUT2D eigenvalue weighted by Crippen LogP contribution is 2.20. The first-order chi connectivity index (χ1) is 8.13. The summed E-state index contributed by atoms with van der Waals surface area (Å²) >= 11 is 1.39. The van der Waals surface area contributed by atoms with E-state index in [0.717, 1.165) is 11.5 Å². The summed E-state index contributed by atoms with van der Waals surface area (Å²) < 4.78 is 15.4. The highest BCUT2D eigenvalue weighted by Gasteiger charge is 2.10. The average molecular weight is 261 g/mol. The monoisotopic (exact) mass is 261 g/mol. The molecule has 5 nitrogen and oxygen atoms in total. The zero-order valence-electron chi connectivity index (χ0n) is 10.4. The summed E-state index contributed by atoms with van der Waals surface area (Å²) in [6, 6.07) is 0. The first-order valence-corrected chi connectivity index (χ1v) is 6.43. The minimum atomic E-state index is -0.524. The molecule has 1 rings (SSSR count). The number of aliphatic hydroxyl groups is 1. The molecule has 0 aliphatic rings. The molecule has 0 aliphatic heterocycles. The summed E-state index contributed by atoms with van der Waals surface area (Å²) in [7, 11) is 1.61. The van der Waals surface area contributed by atoms with Crippen molar-refractivity contribution in [3.8, 4) is 0 Å². The Balaban J connectivity index is 2.17. The quantitative estimate of drug-likeness (QED) is 0.564. The number of nitrogens with zero attached hydrogens (tertiary/aromatic N) is 1. The molecule has 0 saturated carbocycles. The molecular formula is C11H19NO4S. The van der Waals surface area contributed by atoms with Crippen LogP contribution >= 0.6 is 11.8 Å². The molecule has 0 bridgehead atoms. The van der Waals surface area contributed by atoms with Gasteiger partial charge in [0.1, 0.15) is 5.76 Å². The lowest BCUT2D eigenvalue weighted by atomic mass is 10.4. The van der Waals surface area contributed by atoms with Crippen LogP contribution in [0.1, 0.15) is 11.5 Å². The van der Waals surface area contributed by atoms with E-state index in [1.807, 2.05) is 13.8 Å². The van der Waals surface area contributed by atoms with Crippen LogP contribution in [0.25, 0.3) is 0 Å². The molecule has 0 aromatic carbocycles. The summed E-state index contributed by atoms with van der Waals surface area (Å²) in [6.45, 7) is 5.10. The maximum absolute atomic E-state index is 9.63. The molecule has 17 heavy (non-hydrogen) atoms. The highest BCUT2D eigenvalue weighted by molar-refractivity contribution is 7.99. The van der Waals surface area contributed by atoms with E-state index in [2.05, 4.69) is 4.98 Å². The third kappa shape index (κ3) is 5.54. The maximum atomic E-state index is 9.63. The van der Waals surface area contributed by atoms with Crippen molar-refractivity contribution in [2.75, 3.05) is 32.7 Å². The molecule has 98 valence electrons. The van der Waals surface area contributed by atoms with Crippen LogP contribution in [0, 0.1) is 13.8 Å². The van der Waals surface area contributed by atoms with Gasteiger partial charge in [0.25, 0.3) is 5.22 Å². The van der Waals surface area contributed by atoms with Crippen molar-refractivity contribution in [2.45, 2.75) is 25.2 Å². The largest absolute Gasteiger partial charge is 0.437 e. The van der Waals surface area contributed by atoms with E-state index in [0.29, 0.717) is 30.8 Å². The van der Waals surface area contributed by atoms with Crippen molar-refractivity contribution in [2.24, 2.45) is 0 Å². The predicted octanol–water partition coefficient (Wildman–Crippen LogP) is 1.41. The smallest absolute Gasteiger partial charge is 0.256 e. The first-order valence-electron chi connectivity index (χ1n) is 5.45. The van der Waals surface area contributed by atoms with Crippen LogP contribution in [-0.4, -0.2) is 48.9 Å². The number of aromatic nitrogens is 1. The number of ether oxygens (including phenoxy) is 2. The lowest BCUT2D eigenvalue weighted by molar-refractivity contribution is 0.0218. The minimum absolute atomic E-state index is 0.301. The van der Waals surface area contributed by atoms with Crippen molar-refractivity contribution in [3.05, 3.63) is 11.5 Å². The molecule has 0 radical (unpaired) electrons. The fraction of sp³-hybridized carbons (Fsp3) is 0.727. The Morgan fingerprint density at radius 3 is 2.76 bits per heavy atom. The molecule has 1 aromatic rings. The standard InChI is InChI=1S/C11H19NO4S/c1-8-9(2)16-11(12-8)17-7-10(13)6-15-5-4-14-3/h10,13H,4-7H2,1-3H3. The van der Waals surface area contributed by atoms with Crippen LogP contribution in [0.4, 0.5) is 0 Å². The van der Waals surface area contributed by atoms with E-state index in [1.54, 1.807) is 7.11 Å². The molecule has 0 fully saturated rings. The van der Waals surface area contributed by atoms with Gasteiger partial charge in [-0.1, -0.05) is 11.8 Å². The third-order valence-electron chi connectivity index (χ3n) is 2.15. The van der Waals surface area contributed by atoms with E-state index < -0.39 is 6.10 Å². The lowest BCUT2D eigenvalue weighted by Gasteiger charge is -2.09. The zero-order chi connectivity index (χ0) is 12.7. The molecule has 6 heteroatoms. The van der Waals surface area contributed by atoms with E-state index in [1.165, 1.54) is 11.8 Å². The van der Waals surface area contributed by atoms with Crippen LogP contribution < -0.4 is 0 Å². The first kappa shape index (κ1) is 14.5. The zero-order valence-corrected chi connectivity index (χ0v) is 11.2. The van der Waals surface area contributed by atoms with Gasteiger partial charge in [0.15, 0.2) is 0 Å². The van der Waals surface area contributed by atoms with Crippen LogP contribution in [0.2, 0.25) is 0 Å². The second-order valence-corrected chi connectivity index (χ2v) is 4.63. The molecule has 1 aromatic heterocycles. The Morgan fingerprint density at radius 2 is 2.18 bits per heavy atom. The number of hydrogen-bond donors (Lipinski definition) is 1. The van der Waals surface area contributed by atoms with Gasteiger partial charge >= 0.3 is 0 Å². The van der Waals surface area contributed by atoms with Gasteiger partial charge < -0.3 is 19.0 Å². The van der Waals surface area contributed by atoms with E-state index in [-0.39, 0.29) is 0 Å². The minimum Gasteiger partial charge on any atom is -0.437 e. The second kappa shape index (κ2) is 7.71. The third-order valence-corrected chi connectivity index (χ3v) is 3.12. The number of hydrogen-bond acceptors (Lipinski definition) is 6. The van der Waals surface area contributed by atoms with Crippen molar-refractivity contribution in [1.29, 1.82) is 0 Å². The summed E-state index contributed by atoms with van der Waals surface area (Å²) in [5.74, 6) is 1.32. The normalized spacial score (nSPS) is 12.9. The Kier molecular flexibility index (Phi) is 6.57. The maximum Gasteiger partial charge on any atom is 0.256 e. The number of methoxy groups -OCH3 is 1. The molecule has 0 aliphatic carbocycles. The van der Waals surface area contributed by atoms with Crippen LogP contribution in [0.5, 0.6) is 0 Å². The van der Waals surface area contributed by atoms with Gasteiger partial charge in [-0.2, -0.15) is 0 Å². The number of aliphatic hydroxyl groups excluding tert-OH is 1. The summed E-state index contributed by atoms with van der Waals surface area (Å²) in [6.07, 6.45) is -0.524. The van der Waals surface area contributed by atoms with Gasteiger partial charge in [-0.25, -0.2) is 4.98 Å².